The van der Waals surface area contributed by atoms with Gasteiger partial charge in [0.2, 0.25) is 0 Å². The number of alkyl halides is 1. The van der Waals surface area contributed by atoms with Crippen molar-refractivity contribution in [3.8, 4) is 0 Å². The number of imidazole rings is 1. The van der Waals surface area contributed by atoms with Gasteiger partial charge >= 0.3 is 0 Å². The van der Waals surface area contributed by atoms with E-state index in [1.54, 1.807) is 12.1 Å². The summed E-state index contributed by atoms with van der Waals surface area (Å²) in [4.78, 5) is 4.51. The Kier molecular flexibility index (Phi) is 3.96. The molecule has 0 N–H and O–H groups in total. The molecule has 0 amide bonds. The Hall–Kier alpha value is -0.400. The lowest BCUT2D eigenvalue weighted by atomic mass is 10.1. The van der Waals surface area contributed by atoms with Crippen LogP contribution in [0.25, 0.3) is 11.0 Å². The first-order valence-electron chi connectivity index (χ1n) is 6.20. The van der Waals surface area contributed by atoms with Crippen molar-refractivity contribution in [1.82, 2.24) is 9.55 Å². The first kappa shape index (κ1) is 13.6. The number of ether oxygens (including phenoxy) is 1. The fourth-order valence-corrected chi connectivity index (χ4v) is 3.21. The molecule has 0 radical (unpaired) electrons. The SMILES string of the molecule is Fc1cc2c(cc1I)nc(CCl)n2C1CCCOC1. The van der Waals surface area contributed by atoms with E-state index in [4.69, 9.17) is 16.3 Å². The second kappa shape index (κ2) is 5.54. The van der Waals surface area contributed by atoms with Gasteiger partial charge in [-0.05, 0) is 41.5 Å². The molecular formula is C13H13ClFIN2O. The predicted octanol–water partition coefficient (Wildman–Crippen LogP) is 3.87. The Morgan fingerprint density at radius 1 is 1.53 bits per heavy atom. The van der Waals surface area contributed by atoms with Crippen molar-refractivity contribution in [3.05, 3.63) is 27.3 Å². The van der Waals surface area contributed by atoms with E-state index in [1.165, 1.54) is 0 Å². The van der Waals surface area contributed by atoms with Gasteiger partial charge in [-0.15, -0.1) is 11.6 Å². The van der Waals surface area contributed by atoms with Crippen LogP contribution in [0.4, 0.5) is 4.39 Å². The number of rotatable bonds is 2. The molecule has 0 aliphatic carbocycles. The highest BCUT2D eigenvalue weighted by Gasteiger charge is 2.22. The van der Waals surface area contributed by atoms with Gasteiger partial charge < -0.3 is 9.30 Å². The number of aromatic nitrogens is 2. The maximum absolute atomic E-state index is 13.8. The molecule has 3 rings (SSSR count). The number of hydrogen-bond donors (Lipinski definition) is 0. The van der Waals surface area contributed by atoms with E-state index in [-0.39, 0.29) is 11.9 Å². The molecule has 1 aliphatic rings. The monoisotopic (exact) mass is 394 g/mol. The van der Waals surface area contributed by atoms with Crippen LogP contribution in [-0.2, 0) is 10.6 Å². The van der Waals surface area contributed by atoms with Crippen LogP contribution in [0.5, 0.6) is 0 Å². The fourth-order valence-electron chi connectivity index (χ4n) is 2.57. The van der Waals surface area contributed by atoms with E-state index in [0.717, 1.165) is 36.3 Å². The molecule has 2 heterocycles. The minimum absolute atomic E-state index is 0.201. The third-order valence-electron chi connectivity index (χ3n) is 3.43. The third kappa shape index (κ3) is 2.48. The molecule has 1 saturated heterocycles. The lowest BCUT2D eigenvalue weighted by Gasteiger charge is -2.25. The molecule has 0 bridgehead atoms. The van der Waals surface area contributed by atoms with E-state index in [1.807, 2.05) is 27.2 Å². The molecule has 19 heavy (non-hydrogen) atoms. The quantitative estimate of drug-likeness (QED) is 0.571. The highest BCUT2D eigenvalue weighted by Crippen LogP contribution is 2.29. The highest BCUT2D eigenvalue weighted by atomic mass is 127. The minimum Gasteiger partial charge on any atom is -0.379 e. The van der Waals surface area contributed by atoms with Crippen molar-refractivity contribution in [2.45, 2.75) is 24.8 Å². The van der Waals surface area contributed by atoms with E-state index < -0.39 is 0 Å². The Labute approximate surface area is 129 Å². The molecule has 1 aromatic carbocycles. The largest absolute Gasteiger partial charge is 0.379 e. The van der Waals surface area contributed by atoms with Crippen LogP contribution in [0, 0.1) is 9.39 Å². The van der Waals surface area contributed by atoms with Crippen LogP contribution in [0.2, 0.25) is 0 Å². The number of benzene rings is 1. The molecule has 3 nitrogen and oxygen atoms in total. The minimum atomic E-state index is -0.216. The second-order valence-electron chi connectivity index (χ2n) is 4.66. The zero-order valence-corrected chi connectivity index (χ0v) is 13.1. The Balaban J connectivity index is 2.16. The van der Waals surface area contributed by atoms with Crippen LogP contribution in [-0.4, -0.2) is 22.8 Å². The number of fused-ring (bicyclic) bond motifs is 1. The van der Waals surface area contributed by atoms with E-state index >= 15 is 0 Å². The molecule has 102 valence electrons. The zero-order chi connectivity index (χ0) is 13.4. The van der Waals surface area contributed by atoms with Crippen LogP contribution < -0.4 is 0 Å². The average molecular weight is 395 g/mol. The summed E-state index contributed by atoms with van der Waals surface area (Å²) >= 11 is 7.96. The highest BCUT2D eigenvalue weighted by molar-refractivity contribution is 14.1. The molecular weight excluding hydrogens is 382 g/mol. The Morgan fingerprint density at radius 3 is 3.05 bits per heavy atom. The molecule has 1 unspecified atom stereocenters. The van der Waals surface area contributed by atoms with Crippen molar-refractivity contribution in [2.24, 2.45) is 0 Å². The van der Waals surface area contributed by atoms with Gasteiger partial charge in [0.25, 0.3) is 0 Å². The molecule has 1 atom stereocenters. The van der Waals surface area contributed by atoms with Crippen LogP contribution >= 0.6 is 34.2 Å². The normalized spacial score (nSPS) is 20.1. The summed E-state index contributed by atoms with van der Waals surface area (Å²) < 4.78 is 21.9. The van der Waals surface area contributed by atoms with Gasteiger partial charge in [-0.25, -0.2) is 9.37 Å². The van der Waals surface area contributed by atoms with Gasteiger partial charge in [0.05, 0.1) is 33.1 Å². The van der Waals surface area contributed by atoms with Crippen molar-refractivity contribution in [2.75, 3.05) is 13.2 Å². The second-order valence-corrected chi connectivity index (χ2v) is 6.09. The van der Waals surface area contributed by atoms with Crippen molar-refractivity contribution in [3.63, 3.8) is 0 Å². The molecule has 1 aromatic heterocycles. The van der Waals surface area contributed by atoms with Gasteiger partial charge in [0.1, 0.15) is 11.6 Å². The number of hydrogen-bond acceptors (Lipinski definition) is 2. The summed E-state index contributed by atoms with van der Waals surface area (Å²) in [5, 5.41) is 0. The molecule has 1 aliphatic heterocycles. The van der Waals surface area contributed by atoms with Gasteiger partial charge in [-0.1, -0.05) is 0 Å². The fraction of sp³-hybridized carbons (Fsp3) is 0.462. The standard InChI is InChI=1S/C13H13ClFIN2O/c14-6-13-17-11-5-10(16)9(15)4-12(11)18(13)8-2-1-3-19-7-8/h4-5,8H,1-3,6-7H2. The van der Waals surface area contributed by atoms with Gasteiger partial charge in [0, 0.05) is 12.7 Å². The first-order chi connectivity index (χ1) is 9.20. The predicted molar refractivity (Wildman–Crippen MR) is 81.1 cm³/mol. The summed E-state index contributed by atoms with van der Waals surface area (Å²) in [5.41, 5.74) is 1.61. The lowest BCUT2D eigenvalue weighted by molar-refractivity contribution is 0.0597. The summed E-state index contributed by atoms with van der Waals surface area (Å²) in [6.07, 6.45) is 2.03. The van der Waals surface area contributed by atoms with Crippen LogP contribution in [0.15, 0.2) is 12.1 Å². The average Bonchev–Trinajstić information content (AvgIpc) is 2.78. The van der Waals surface area contributed by atoms with Crippen LogP contribution in [0.1, 0.15) is 24.7 Å². The van der Waals surface area contributed by atoms with Crippen molar-refractivity contribution < 1.29 is 9.13 Å². The van der Waals surface area contributed by atoms with Crippen molar-refractivity contribution in [1.29, 1.82) is 0 Å². The summed E-state index contributed by atoms with van der Waals surface area (Å²) in [7, 11) is 0. The van der Waals surface area contributed by atoms with Gasteiger partial charge in [-0.2, -0.15) is 0 Å². The Bertz CT molecular complexity index is 610. The smallest absolute Gasteiger partial charge is 0.138 e. The molecule has 2 aromatic rings. The maximum atomic E-state index is 13.8. The molecule has 1 fully saturated rings. The number of halogens is 3. The van der Waals surface area contributed by atoms with E-state index in [9.17, 15) is 4.39 Å². The van der Waals surface area contributed by atoms with Crippen molar-refractivity contribution >= 4 is 45.2 Å². The summed E-state index contributed by atoms with van der Waals surface area (Å²) in [6.45, 7) is 1.44. The van der Waals surface area contributed by atoms with Crippen LogP contribution in [0.3, 0.4) is 0 Å². The van der Waals surface area contributed by atoms with E-state index in [0.29, 0.717) is 16.1 Å². The maximum Gasteiger partial charge on any atom is 0.138 e. The van der Waals surface area contributed by atoms with E-state index in [2.05, 4.69) is 4.98 Å². The summed E-state index contributed by atoms with van der Waals surface area (Å²) in [6, 6.07) is 3.52. The number of nitrogens with zero attached hydrogens (tertiary/aromatic N) is 2. The topological polar surface area (TPSA) is 27.1 Å². The molecule has 0 saturated carbocycles. The first-order valence-corrected chi connectivity index (χ1v) is 7.81. The Morgan fingerprint density at radius 2 is 2.37 bits per heavy atom. The molecule has 6 heteroatoms. The lowest BCUT2D eigenvalue weighted by Crippen LogP contribution is -2.22. The zero-order valence-electron chi connectivity index (χ0n) is 10.2. The summed E-state index contributed by atoms with van der Waals surface area (Å²) in [5.74, 6) is 0.893. The molecule has 0 spiro atoms. The third-order valence-corrected chi connectivity index (χ3v) is 4.49. The van der Waals surface area contributed by atoms with Gasteiger partial charge in [-0.3, -0.25) is 0 Å². The van der Waals surface area contributed by atoms with Gasteiger partial charge in [0.15, 0.2) is 0 Å².